The van der Waals surface area contributed by atoms with Crippen LogP contribution in [0.3, 0.4) is 0 Å². The predicted molar refractivity (Wildman–Crippen MR) is 72.2 cm³/mol. The minimum Gasteiger partial charge on any atom is -0.478 e. The van der Waals surface area contributed by atoms with Crippen molar-refractivity contribution in [1.82, 2.24) is 0 Å². The highest BCUT2D eigenvalue weighted by molar-refractivity contribution is 5.86. The molecule has 1 heterocycles. The number of hydrogen-bond acceptors (Lipinski definition) is 3. The van der Waals surface area contributed by atoms with Gasteiger partial charge in [0.15, 0.2) is 0 Å². The van der Waals surface area contributed by atoms with Gasteiger partial charge in [0.25, 0.3) is 0 Å². The van der Waals surface area contributed by atoms with E-state index in [1.54, 1.807) is 6.92 Å². The highest BCUT2D eigenvalue weighted by atomic mass is 19.4. The zero-order chi connectivity index (χ0) is 16.3. The van der Waals surface area contributed by atoms with Crippen molar-refractivity contribution in [2.75, 3.05) is 13.2 Å². The molecule has 0 aliphatic carbocycles. The monoisotopic (exact) mass is 316 g/mol. The topological polar surface area (TPSA) is 59.1 Å². The Labute approximate surface area is 125 Å². The first-order valence-corrected chi connectivity index (χ1v) is 6.63. The number of halogens is 3. The Kier molecular flexibility index (Phi) is 4.87. The predicted octanol–water partition coefficient (Wildman–Crippen LogP) is 3.28. The van der Waals surface area contributed by atoms with Crippen molar-refractivity contribution in [1.29, 1.82) is 0 Å². The number of aliphatic carboxylic acids is 1. The van der Waals surface area contributed by atoms with E-state index in [1.807, 2.05) is 0 Å². The highest BCUT2D eigenvalue weighted by Crippen LogP contribution is 2.36. The lowest BCUT2D eigenvalue weighted by Gasteiger charge is -2.19. The van der Waals surface area contributed by atoms with Crippen molar-refractivity contribution in [3.63, 3.8) is 0 Å². The summed E-state index contributed by atoms with van der Waals surface area (Å²) in [5.41, 5.74) is -0.796. The van der Waals surface area contributed by atoms with Gasteiger partial charge in [-0.2, -0.15) is 13.2 Å². The van der Waals surface area contributed by atoms with Gasteiger partial charge in [0.1, 0.15) is 6.10 Å². The summed E-state index contributed by atoms with van der Waals surface area (Å²) in [4.78, 5) is 10.6. The van der Waals surface area contributed by atoms with E-state index in [0.29, 0.717) is 19.3 Å². The van der Waals surface area contributed by atoms with Crippen LogP contribution >= 0.6 is 0 Å². The van der Waals surface area contributed by atoms with E-state index in [0.717, 1.165) is 12.1 Å². The van der Waals surface area contributed by atoms with Crippen LogP contribution in [-0.4, -0.2) is 30.4 Å². The molecule has 0 amide bonds. The third kappa shape index (κ3) is 4.32. The van der Waals surface area contributed by atoms with Gasteiger partial charge in [-0.25, -0.2) is 4.79 Å². The summed E-state index contributed by atoms with van der Waals surface area (Å²) < 4.78 is 49.8. The van der Waals surface area contributed by atoms with Gasteiger partial charge in [-0.05, 0) is 30.2 Å². The lowest BCUT2D eigenvalue weighted by Crippen LogP contribution is -2.13. The first kappa shape index (κ1) is 16.5. The number of carboxylic acids is 1. The standard InChI is InChI=1S/C15H15F3O4/c1-9(21-7-10-8-22-10)11-3-2-4-13(15(16,17)18)12(11)5-6-14(19)20/h2-6,9-10H,7-8H2,1H3,(H,19,20)/t9-,10+/m1/s1. The molecule has 1 aliphatic heterocycles. The normalized spacial score (nSPS) is 19.4. The number of alkyl halides is 3. The summed E-state index contributed by atoms with van der Waals surface area (Å²) in [5.74, 6) is -1.32. The third-order valence-electron chi connectivity index (χ3n) is 3.21. The Morgan fingerprint density at radius 2 is 2.23 bits per heavy atom. The number of carbonyl (C=O) groups is 1. The van der Waals surface area contributed by atoms with Crippen LogP contribution < -0.4 is 0 Å². The number of benzene rings is 1. The molecule has 0 radical (unpaired) electrons. The Morgan fingerprint density at radius 1 is 1.55 bits per heavy atom. The van der Waals surface area contributed by atoms with Crippen LogP contribution in [0.1, 0.15) is 29.7 Å². The van der Waals surface area contributed by atoms with Gasteiger partial charge in [0, 0.05) is 6.08 Å². The van der Waals surface area contributed by atoms with Crippen LogP contribution in [0.15, 0.2) is 24.3 Å². The van der Waals surface area contributed by atoms with E-state index >= 15 is 0 Å². The van der Waals surface area contributed by atoms with Crippen molar-refractivity contribution in [3.8, 4) is 0 Å². The second kappa shape index (κ2) is 6.50. The average molecular weight is 316 g/mol. The van der Waals surface area contributed by atoms with Crippen LogP contribution in [0.5, 0.6) is 0 Å². The molecule has 120 valence electrons. The van der Waals surface area contributed by atoms with E-state index < -0.39 is 23.8 Å². The van der Waals surface area contributed by atoms with Crippen LogP contribution in [0.4, 0.5) is 13.2 Å². The molecule has 2 atom stereocenters. The zero-order valence-corrected chi connectivity index (χ0v) is 11.8. The molecule has 2 rings (SSSR count). The zero-order valence-electron chi connectivity index (χ0n) is 11.8. The number of hydrogen-bond donors (Lipinski definition) is 1. The van der Waals surface area contributed by atoms with Crippen molar-refractivity contribution in [2.45, 2.75) is 25.3 Å². The molecule has 22 heavy (non-hydrogen) atoms. The summed E-state index contributed by atoms with van der Waals surface area (Å²) in [6.45, 7) is 2.50. The average Bonchev–Trinajstić information content (AvgIpc) is 3.25. The van der Waals surface area contributed by atoms with Gasteiger partial charge in [0.2, 0.25) is 0 Å². The SMILES string of the molecule is C[C@@H](OC[C@H]1CO1)c1cccc(C(F)(F)F)c1C=CC(=O)O. The van der Waals surface area contributed by atoms with Crippen LogP contribution in [0.2, 0.25) is 0 Å². The molecule has 0 spiro atoms. The van der Waals surface area contributed by atoms with Gasteiger partial charge in [-0.3, -0.25) is 0 Å². The molecule has 0 saturated carbocycles. The number of carboxylic acid groups (broad SMARTS) is 1. The first-order valence-electron chi connectivity index (χ1n) is 6.63. The van der Waals surface area contributed by atoms with Crippen molar-refractivity contribution >= 4 is 12.0 Å². The van der Waals surface area contributed by atoms with E-state index in [4.69, 9.17) is 14.6 Å². The van der Waals surface area contributed by atoms with Gasteiger partial charge in [0.05, 0.1) is 24.9 Å². The number of ether oxygens (including phenoxy) is 2. The third-order valence-corrected chi connectivity index (χ3v) is 3.21. The molecule has 1 aromatic carbocycles. The van der Waals surface area contributed by atoms with Crippen LogP contribution in [0, 0.1) is 0 Å². The summed E-state index contributed by atoms with van der Waals surface area (Å²) in [6.07, 6.45) is -3.56. The Hall–Kier alpha value is -1.86. The van der Waals surface area contributed by atoms with Crippen molar-refractivity contribution < 1.29 is 32.5 Å². The Bertz CT molecular complexity index is 577. The quantitative estimate of drug-likeness (QED) is 0.646. The smallest absolute Gasteiger partial charge is 0.416 e. The fraction of sp³-hybridized carbons (Fsp3) is 0.400. The minimum atomic E-state index is -4.58. The van der Waals surface area contributed by atoms with E-state index in [9.17, 15) is 18.0 Å². The Morgan fingerprint density at radius 3 is 2.77 bits per heavy atom. The van der Waals surface area contributed by atoms with Gasteiger partial charge >= 0.3 is 12.1 Å². The van der Waals surface area contributed by atoms with E-state index in [2.05, 4.69) is 0 Å². The van der Waals surface area contributed by atoms with Crippen molar-refractivity contribution in [2.24, 2.45) is 0 Å². The van der Waals surface area contributed by atoms with Gasteiger partial charge < -0.3 is 14.6 Å². The minimum absolute atomic E-state index is 0.00809. The maximum absolute atomic E-state index is 13.1. The molecule has 0 unspecified atom stereocenters. The summed E-state index contributed by atoms with van der Waals surface area (Å²) in [6, 6.07) is 3.70. The second-order valence-corrected chi connectivity index (χ2v) is 4.91. The largest absolute Gasteiger partial charge is 0.478 e. The summed E-state index contributed by atoms with van der Waals surface area (Å²) >= 11 is 0. The molecule has 1 saturated heterocycles. The van der Waals surface area contributed by atoms with E-state index in [1.165, 1.54) is 12.1 Å². The highest BCUT2D eigenvalue weighted by Gasteiger charge is 2.34. The van der Waals surface area contributed by atoms with Crippen molar-refractivity contribution in [3.05, 3.63) is 41.0 Å². The number of rotatable bonds is 6. The van der Waals surface area contributed by atoms with E-state index in [-0.39, 0.29) is 17.2 Å². The molecular weight excluding hydrogens is 301 g/mol. The molecule has 1 aromatic rings. The van der Waals surface area contributed by atoms with Crippen LogP contribution in [0.25, 0.3) is 6.08 Å². The molecule has 7 heteroatoms. The lowest BCUT2D eigenvalue weighted by atomic mass is 9.96. The Balaban J connectivity index is 2.35. The molecule has 4 nitrogen and oxygen atoms in total. The van der Waals surface area contributed by atoms with Gasteiger partial charge in [-0.1, -0.05) is 12.1 Å². The van der Waals surface area contributed by atoms with Crippen LogP contribution in [-0.2, 0) is 20.4 Å². The molecular formula is C15H15F3O4. The number of epoxide rings is 1. The molecule has 1 N–H and O–H groups in total. The first-order chi connectivity index (χ1) is 10.3. The van der Waals surface area contributed by atoms with Gasteiger partial charge in [-0.15, -0.1) is 0 Å². The maximum Gasteiger partial charge on any atom is 0.416 e. The molecule has 1 fully saturated rings. The fourth-order valence-electron chi connectivity index (χ4n) is 2.03. The summed E-state index contributed by atoms with van der Waals surface area (Å²) in [5, 5.41) is 8.67. The second-order valence-electron chi connectivity index (χ2n) is 4.91. The molecule has 0 bridgehead atoms. The summed E-state index contributed by atoms with van der Waals surface area (Å²) in [7, 11) is 0. The molecule has 1 aliphatic rings. The molecule has 0 aromatic heterocycles. The maximum atomic E-state index is 13.1. The lowest BCUT2D eigenvalue weighted by molar-refractivity contribution is -0.138. The fourth-order valence-corrected chi connectivity index (χ4v) is 2.03.